The first-order valence-corrected chi connectivity index (χ1v) is 26.6. The van der Waals surface area contributed by atoms with Crippen molar-refractivity contribution in [3.8, 4) is 0 Å². The van der Waals surface area contributed by atoms with Gasteiger partial charge in [-0.3, -0.25) is 0 Å². The van der Waals surface area contributed by atoms with E-state index in [2.05, 4.69) is 6.92 Å². The molecule has 3 saturated heterocycles. The molecule has 0 radical (unpaired) electrons. The molecule has 0 saturated carbocycles. The van der Waals surface area contributed by atoms with Crippen LogP contribution in [0.4, 0.5) is 0 Å². The lowest BCUT2D eigenvalue weighted by Crippen LogP contribution is -2.63. The van der Waals surface area contributed by atoms with Crippen molar-refractivity contribution in [2.24, 2.45) is 47.3 Å². The lowest BCUT2D eigenvalue weighted by Gasteiger charge is -2.56. The van der Waals surface area contributed by atoms with E-state index < -0.39 is 127 Å². The van der Waals surface area contributed by atoms with E-state index in [1.54, 1.807) is 34.6 Å². The van der Waals surface area contributed by atoms with Gasteiger partial charge in [-0.05, 0) is 83.0 Å². The van der Waals surface area contributed by atoms with Crippen LogP contribution >= 0.6 is 0 Å². The Morgan fingerprint density at radius 3 is 2.09 bits per heavy atom. The summed E-state index contributed by atoms with van der Waals surface area (Å²) in [4.78, 5) is 13.9. The molecule has 3 fully saturated rings. The second-order valence-electron chi connectivity index (χ2n) is 22.1. The second-order valence-corrected chi connectivity index (χ2v) is 22.1. The molecule has 0 amide bonds. The SMILES string of the molecule is CCC[C@]1(O)[C@H](O)[C@@H](O)[C@@H](O)[C@@H](O[C@H]2CC[C@H](O)[C@@H](C)O2)[C@H](O)[C@@H](C)[C@H](O)[C@H](C)C=CC(=O)O[C@@H]2[C@@H](C)[C@@H](CC[C@@H](C[C@@H](C)O)/C=C\C=C/C[C@H](C)[C@H]1O)O[C@]1(CC[C@H](C)[C@@H]([C@H](C)[C@H](O)CC)O1)[C@@H]2C. The summed E-state index contributed by atoms with van der Waals surface area (Å²) < 4.78 is 32.4. The van der Waals surface area contributed by atoms with Crippen molar-refractivity contribution in [2.45, 2.75) is 250 Å². The molecule has 70 heavy (non-hydrogen) atoms. The van der Waals surface area contributed by atoms with E-state index in [0.29, 0.717) is 32.1 Å². The summed E-state index contributed by atoms with van der Waals surface area (Å²) in [6, 6.07) is 0. The Morgan fingerprint density at radius 2 is 1.46 bits per heavy atom. The van der Waals surface area contributed by atoms with Crippen molar-refractivity contribution < 1.29 is 79.5 Å². The van der Waals surface area contributed by atoms with Crippen LogP contribution in [0.25, 0.3) is 0 Å². The first-order chi connectivity index (χ1) is 32.8. The van der Waals surface area contributed by atoms with E-state index in [0.717, 1.165) is 6.42 Å². The van der Waals surface area contributed by atoms with Crippen molar-refractivity contribution in [3.05, 3.63) is 36.5 Å². The van der Waals surface area contributed by atoms with Crippen molar-refractivity contribution >= 4 is 5.97 Å². The lowest BCUT2D eigenvalue weighted by atomic mass is 9.73. The van der Waals surface area contributed by atoms with Crippen LogP contribution in [0.1, 0.15) is 147 Å². The first kappa shape index (κ1) is 60.7. The molecule has 0 aromatic rings. The number of carbonyl (C=O) groups is 1. The van der Waals surface area contributed by atoms with Gasteiger partial charge >= 0.3 is 5.97 Å². The number of hydrogen-bond acceptors (Lipinski definition) is 16. The number of allylic oxidation sites excluding steroid dienone is 4. The number of carbonyl (C=O) groups excluding carboxylic acids is 1. The molecule has 0 aromatic carbocycles. The van der Waals surface area contributed by atoms with Crippen LogP contribution in [0, 0.1) is 47.3 Å². The lowest BCUT2D eigenvalue weighted by molar-refractivity contribution is -0.376. The Bertz CT molecular complexity index is 1660. The molecule has 16 nitrogen and oxygen atoms in total. The molecular formula is C54H94O16. The fourth-order valence-corrected chi connectivity index (χ4v) is 11.5. The molecule has 4 aliphatic heterocycles. The summed E-state index contributed by atoms with van der Waals surface area (Å²) in [5.41, 5.74) is -2.33. The van der Waals surface area contributed by atoms with Gasteiger partial charge in [0, 0.05) is 48.5 Å². The summed E-state index contributed by atoms with van der Waals surface area (Å²) in [6.45, 7) is 20.0. The van der Waals surface area contributed by atoms with E-state index in [-0.39, 0.29) is 61.9 Å². The number of aliphatic hydroxyl groups excluding tert-OH is 9. The molecule has 1 spiro atoms. The smallest absolute Gasteiger partial charge is 0.330 e. The van der Waals surface area contributed by atoms with Gasteiger partial charge in [0.2, 0.25) is 0 Å². The van der Waals surface area contributed by atoms with Crippen molar-refractivity contribution in [2.75, 3.05) is 0 Å². The number of esters is 1. The zero-order valence-electron chi connectivity index (χ0n) is 43.9. The summed E-state index contributed by atoms with van der Waals surface area (Å²) in [6.07, 6.45) is -3.50. The van der Waals surface area contributed by atoms with Crippen LogP contribution in [0.5, 0.6) is 0 Å². The molecule has 0 aromatic heterocycles. The minimum Gasteiger partial charge on any atom is -0.458 e. The van der Waals surface area contributed by atoms with Gasteiger partial charge in [-0.2, -0.15) is 0 Å². The summed E-state index contributed by atoms with van der Waals surface area (Å²) in [5.74, 6) is -5.18. The summed E-state index contributed by atoms with van der Waals surface area (Å²) >= 11 is 0. The van der Waals surface area contributed by atoms with Gasteiger partial charge in [0.05, 0.1) is 54.9 Å². The zero-order valence-corrected chi connectivity index (χ0v) is 43.9. The number of hydrogen-bond donors (Lipinski definition) is 10. The van der Waals surface area contributed by atoms with Crippen LogP contribution in [-0.4, -0.2) is 160 Å². The van der Waals surface area contributed by atoms with Gasteiger partial charge in [0.1, 0.15) is 36.1 Å². The fraction of sp³-hybridized carbons (Fsp3) is 0.870. The Balaban J connectivity index is 1.77. The Kier molecular flexibility index (Phi) is 23.5. The molecule has 4 heterocycles. The molecule has 4 aliphatic rings. The van der Waals surface area contributed by atoms with Crippen molar-refractivity contribution in [3.63, 3.8) is 0 Å². The first-order valence-electron chi connectivity index (χ1n) is 26.6. The van der Waals surface area contributed by atoms with Gasteiger partial charge in [-0.1, -0.05) is 99.1 Å². The van der Waals surface area contributed by atoms with Gasteiger partial charge < -0.3 is 74.7 Å². The average Bonchev–Trinajstić information content (AvgIpc) is 3.33. The highest BCUT2D eigenvalue weighted by Crippen LogP contribution is 2.50. The van der Waals surface area contributed by atoms with Gasteiger partial charge in [0.15, 0.2) is 12.1 Å². The number of fused-ring (bicyclic) bond motifs is 2. The molecular weight excluding hydrogens is 905 g/mol. The third kappa shape index (κ3) is 14.9. The van der Waals surface area contributed by atoms with E-state index in [1.165, 1.54) is 19.1 Å². The molecule has 406 valence electrons. The van der Waals surface area contributed by atoms with Crippen LogP contribution in [0.15, 0.2) is 36.5 Å². The largest absolute Gasteiger partial charge is 0.458 e. The topological polar surface area (TPSA) is 266 Å². The molecule has 4 rings (SSSR count). The van der Waals surface area contributed by atoms with E-state index in [9.17, 15) is 55.9 Å². The van der Waals surface area contributed by atoms with Crippen LogP contribution in [0.3, 0.4) is 0 Å². The summed E-state index contributed by atoms with van der Waals surface area (Å²) in [7, 11) is 0. The van der Waals surface area contributed by atoms with E-state index >= 15 is 0 Å². The normalized spacial score (nSPS) is 46.9. The molecule has 0 unspecified atom stereocenters. The standard InChI is InChI=1S/C54H94O16/c1-12-26-53(65)51(63)31(5)17-15-14-16-18-38(28-32(6)55)20-22-41-34(8)49(36(10)54(69-41)27-25-30(4)48(70-54)33(7)39(56)13-2)67-42(58)23-19-29(3)44(59)35(9)45(60)50(46(61)47(62)52(53)64)68-43-24-21-40(57)37(11)66-43/h14-16,18-19,23,29-41,43-52,55-57,59-65H,12-13,17,20-22,24-28H2,1-11H3/b15-14-,18-16-,23-19?/t29-,30+,31+,32-,33-,34+,35+,36-,37-,38+,39-,40+,41-,43+,44-,45-,46-,47+,48+,49-,50+,51-,52-,53-,54+/m1/s1. The van der Waals surface area contributed by atoms with Gasteiger partial charge in [-0.25, -0.2) is 4.79 Å². The third-order valence-electron chi connectivity index (χ3n) is 16.5. The molecule has 25 atom stereocenters. The Labute approximate surface area is 418 Å². The Morgan fingerprint density at radius 1 is 0.771 bits per heavy atom. The third-order valence-corrected chi connectivity index (χ3v) is 16.5. The maximum absolute atomic E-state index is 13.9. The fourth-order valence-electron chi connectivity index (χ4n) is 11.5. The Hall–Kier alpha value is -1.87. The van der Waals surface area contributed by atoms with Crippen molar-refractivity contribution in [1.29, 1.82) is 0 Å². The zero-order chi connectivity index (χ0) is 52.4. The molecule has 2 bridgehead atoms. The predicted molar refractivity (Wildman–Crippen MR) is 263 cm³/mol. The van der Waals surface area contributed by atoms with Gasteiger partial charge in [0.25, 0.3) is 0 Å². The molecule has 10 N–H and O–H groups in total. The van der Waals surface area contributed by atoms with Crippen LogP contribution < -0.4 is 0 Å². The van der Waals surface area contributed by atoms with E-state index in [4.69, 9.17) is 23.7 Å². The van der Waals surface area contributed by atoms with Crippen LogP contribution in [-0.2, 0) is 28.5 Å². The number of aliphatic hydroxyl groups is 10. The number of ether oxygens (including phenoxy) is 5. The monoisotopic (exact) mass is 999 g/mol. The second kappa shape index (κ2) is 27.1. The average molecular weight is 999 g/mol. The quantitative estimate of drug-likeness (QED) is 0.142. The number of rotatable bonds is 9. The maximum Gasteiger partial charge on any atom is 0.330 e. The van der Waals surface area contributed by atoms with Crippen molar-refractivity contribution in [1.82, 2.24) is 0 Å². The maximum atomic E-state index is 13.9. The van der Waals surface area contributed by atoms with E-state index in [1.807, 2.05) is 52.0 Å². The van der Waals surface area contributed by atoms with Crippen LogP contribution in [0.2, 0.25) is 0 Å². The molecule has 0 aliphatic carbocycles. The highest BCUT2D eigenvalue weighted by Gasteiger charge is 2.57. The molecule has 16 heteroatoms. The highest BCUT2D eigenvalue weighted by molar-refractivity contribution is 5.82. The minimum atomic E-state index is -2.33. The highest BCUT2D eigenvalue weighted by atomic mass is 16.7. The van der Waals surface area contributed by atoms with Gasteiger partial charge in [-0.15, -0.1) is 0 Å². The summed E-state index contributed by atoms with van der Waals surface area (Å²) in [5, 5.41) is 115. The predicted octanol–water partition coefficient (Wildman–Crippen LogP) is 4.60. The minimum absolute atomic E-state index is 0.0833.